The zero-order chi connectivity index (χ0) is 19.3. The van der Waals surface area contributed by atoms with Gasteiger partial charge >= 0.3 is 0 Å². The minimum Gasteiger partial charge on any atom is -0.487 e. The molecule has 4 heterocycles. The van der Waals surface area contributed by atoms with Gasteiger partial charge in [0.05, 0.1) is 38.0 Å². The summed E-state index contributed by atoms with van der Waals surface area (Å²) in [5.74, 6) is 1.40. The summed E-state index contributed by atoms with van der Waals surface area (Å²) in [6.07, 6.45) is 2.03. The third-order valence-corrected chi connectivity index (χ3v) is 6.94. The van der Waals surface area contributed by atoms with E-state index in [0.717, 1.165) is 57.0 Å². The lowest BCUT2D eigenvalue weighted by molar-refractivity contribution is -0.168. The molecular weight excluding hydrogens is 356 g/mol. The summed E-state index contributed by atoms with van der Waals surface area (Å²) in [4.78, 5) is 17.3. The first-order valence-corrected chi connectivity index (χ1v) is 10.6. The summed E-state index contributed by atoms with van der Waals surface area (Å²) in [6, 6.07) is 8.39. The number of hydrogen-bond acceptors (Lipinski definition) is 5. The summed E-state index contributed by atoms with van der Waals surface area (Å²) < 4.78 is 18.4. The van der Waals surface area contributed by atoms with Crippen LogP contribution in [0.15, 0.2) is 24.3 Å². The van der Waals surface area contributed by atoms with Gasteiger partial charge in [-0.3, -0.25) is 9.69 Å². The Morgan fingerprint density at radius 2 is 1.96 bits per heavy atom. The van der Waals surface area contributed by atoms with Crippen LogP contribution in [0, 0.1) is 5.92 Å². The van der Waals surface area contributed by atoms with Gasteiger partial charge in [-0.15, -0.1) is 0 Å². The zero-order valence-corrected chi connectivity index (χ0v) is 16.8. The number of nitrogens with zero attached hydrogens (tertiary/aromatic N) is 2. The van der Waals surface area contributed by atoms with E-state index >= 15 is 0 Å². The minimum atomic E-state index is -0.314. The van der Waals surface area contributed by atoms with Gasteiger partial charge in [-0.1, -0.05) is 18.2 Å². The molecule has 0 unspecified atom stereocenters. The van der Waals surface area contributed by atoms with Crippen molar-refractivity contribution in [1.29, 1.82) is 0 Å². The van der Waals surface area contributed by atoms with Crippen LogP contribution in [0.5, 0.6) is 5.75 Å². The van der Waals surface area contributed by atoms with Crippen LogP contribution < -0.4 is 4.74 Å². The molecule has 0 spiro atoms. The second-order valence-electron chi connectivity index (χ2n) is 9.01. The number of ether oxygens (including phenoxy) is 3. The Bertz CT molecular complexity index is 746. The molecule has 1 amide bonds. The molecule has 0 aliphatic carbocycles. The number of rotatable bonds is 2. The quantitative estimate of drug-likeness (QED) is 0.780. The fourth-order valence-corrected chi connectivity index (χ4v) is 5.39. The van der Waals surface area contributed by atoms with E-state index < -0.39 is 0 Å². The van der Waals surface area contributed by atoms with E-state index in [0.29, 0.717) is 6.54 Å². The number of para-hydroxylation sites is 1. The molecule has 0 radical (unpaired) electrons. The highest BCUT2D eigenvalue weighted by Gasteiger charge is 2.53. The van der Waals surface area contributed by atoms with Crippen molar-refractivity contribution in [2.24, 2.45) is 5.92 Å². The van der Waals surface area contributed by atoms with E-state index in [1.54, 1.807) is 0 Å². The molecule has 1 aromatic rings. The SMILES string of the molecule is CC1(C)Oc2ccccc2[C@@H]2O[C@@H]3CCN(C(=O)CN4CCOCC4)[C@@H]3C[C@H]21. The van der Waals surface area contributed by atoms with Gasteiger partial charge in [0.15, 0.2) is 0 Å². The van der Waals surface area contributed by atoms with E-state index in [1.807, 2.05) is 12.1 Å². The largest absolute Gasteiger partial charge is 0.487 e. The van der Waals surface area contributed by atoms with Gasteiger partial charge in [0.1, 0.15) is 11.4 Å². The van der Waals surface area contributed by atoms with Crippen molar-refractivity contribution >= 4 is 5.91 Å². The lowest BCUT2D eigenvalue weighted by Gasteiger charge is -2.50. The van der Waals surface area contributed by atoms with Gasteiger partial charge in [-0.2, -0.15) is 0 Å². The fraction of sp³-hybridized carbons (Fsp3) is 0.682. The lowest BCUT2D eigenvalue weighted by Crippen LogP contribution is -2.55. The molecule has 152 valence electrons. The topological polar surface area (TPSA) is 51.2 Å². The van der Waals surface area contributed by atoms with Gasteiger partial charge in [-0.25, -0.2) is 0 Å². The third-order valence-electron chi connectivity index (χ3n) is 6.94. The molecule has 1 aromatic carbocycles. The molecule has 3 saturated heterocycles. The van der Waals surface area contributed by atoms with Gasteiger partial charge in [0.2, 0.25) is 5.91 Å². The Kier molecular flexibility index (Phi) is 4.61. The molecule has 0 N–H and O–H groups in total. The van der Waals surface area contributed by atoms with E-state index in [-0.39, 0.29) is 35.7 Å². The van der Waals surface area contributed by atoms with Crippen LogP contribution in [-0.2, 0) is 14.3 Å². The second-order valence-corrected chi connectivity index (χ2v) is 9.01. The Balaban J connectivity index is 1.34. The van der Waals surface area contributed by atoms with E-state index in [2.05, 4.69) is 35.8 Å². The summed E-state index contributed by atoms with van der Waals surface area (Å²) in [6.45, 7) is 8.70. The maximum absolute atomic E-state index is 13.0. The number of hydrogen-bond donors (Lipinski definition) is 0. The molecule has 28 heavy (non-hydrogen) atoms. The van der Waals surface area contributed by atoms with Crippen LogP contribution in [-0.4, -0.2) is 72.8 Å². The van der Waals surface area contributed by atoms with Crippen LogP contribution in [0.1, 0.15) is 38.4 Å². The lowest BCUT2D eigenvalue weighted by atomic mass is 9.74. The van der Waals surface area contributed by atoms with Crippen LogP contribution in [0.3, 0.4) is 0 Å². The first kappa shape index (κ1) is 18.4. The molecule has 4 aliphatic rings. The second kappa shape index (κ2) is 7.01. The number of morpholine rings is 1. The molecule has 0 aromatic heterocycles. The van der Waals surface area contributed by atoms with Crippen LogP contribution >= 0.6 is 0 Å². The van der Waals surface area contributed by atoms with E-state index in [1.165, 1.54) is 0 Å². The van der Waals surface area contributed by atoms with Crippen molar-refractivity contribution in [3.63, 3.8) is 0 Å². The molecule has 0 saturated carbocycles. The highest BCUT2D eigenvalue weighted by molar-refractivity contribution is 5.79. The third kappa shape index (κ3) is 3.11. The minimum absolute atomic E-state index is 0.0514. The van der Waals surface area contributed by atoms with Crippen LogP contribution in [0.4, 0.5) is 0 Å². The molecule has 4 aliphatic heterocycles. The normalized spacial score (nSPS) is 34.1. The van der Waals surface area contributed by atoms with E-state index in [4.69, 9.17) is 14.2 Å². The van der Waals surface area contributed by atoms with Crippen molar-refractivity contribution in [2.45, 2.75) is 50.5 Å². The number of amides is 1. The van der Waals surface area contributed by atoms with Crippen molar-refractivity contribution in [3.05, 3.63) is 29.8 Å². The smallest absolute Gasteiger partial charge is 0.237 e. The zero-order valence-electron chi connectivity index (χ0n) is 16.8. The first-order chi connectivity index (χ1) is 13.5. The predicted octanol–water partition coefficient (Wildman–Crippen LogP) is 2.24. The van der Waals surface area contributed by atoms with Crippen molar-refractivity contribution in [3.8, 4) is 5.75 Å². The molecular formula is C22H30N2O4. The highest BCUT2D eigenvalue weighted by Crippen LogP contribution is 2.52. The number of likely N-dealkylation sites (tertiary alicyclic amines) is 1. The Morgan fingerprint density at radius 1 is 1.18 bits per heavy atom. The van der Waals surface area contributed by atoms with Gasteiger partial charge in [0.25, 0.3) is 0 Å². The van der Waals surface area contributed by atoms with Gasteiger partial charge < -0.3 is 19.1 Å². The molecule has 0 bridgehead atoms. The predicted molar refractivity (Wildman–Crippen MR) is 104 cm³/mol. The number of benzene rings is 1. The van der Waals surface area contributed by atoms with Crippen molar-refractivity contribution < 1.29 is 19.0 Å². The maximum Gasteiger partial charge on any atom is 0.237 e. The van der Waals surface area contributed by atoms with Gasteiger partial charge in [0, 0.05) is 31.1 Å². The Labute approximate surface area is 166 Å². The van der Waals surface area contributed by atoms with E-state index in [9.17, 15) is 4.79 Å². The molecule has 6 heteroatoms. The maximum atomic E-state index is 13.0. The van der Waals surface area contributed by atoms with Crippen LogP contribution in [0.2, 0.25) is 0 Å². The summed E-state index contributed by atoms with van der Waals surface area (Å²) >= 11 is 0. The Hall–Kier alpha value is -1.63. The molecule has 4 atom stereocenters. The Morgan fingerprint density at radius 3 is 2.79 bits per heavy atom. The average Bonchev–Trinajstić information content (AvgIpc) is 3.11. The average molecular weight is 386 g/mol. The highest BCUT2D eigenvalue weighted by atomic mass is 16.5. The van der Waals surface area contributed by atoms with Gasteiger partial charge in [-0.05, 0) is 32.8 Å². The summed E-state index contributed by atoms with van der Waals surface area (Å²) in [5, 5.41) is 0. The monoisotopic (exact) mass is 386 g/mol. The fourth-order valence-electron chi connectivity index (χ4n) is 5.39. The molecule has 5 rings (SSSR count). The number of carbonyl (C=O) groups is 1. The molecule has 6 nitrogen and oxygen atoms in total. The molecule has 3 fully saturated rings. The number of carbonyl (C=O) groups excluding carboxylic acids is 1. The van der Waals surface area contributed by atoms with Crippen molar-refractivity contribution in [2.75, 3.05) is 39.4 Å². The van der Waals surface area contributed by atoms with Crippen LogP contribution in [0.25, 0.3) is 0 Å². The first-order valence-electron chi connectivity index (χ1n) is 10.6. The summed E-state index contributed by atoms with van der Waals surface area (Å²) in [5.41, 5.74) is 0.842. The van der Waals surface area contributed by atoms with Crippen molar-refractivity contribution in [1.82, 2.24) is 9.80 Å². The number of fused-ring (bicyclic) bond motifs is 4. The standard InChI is InChI=1S/C22H30N2O4/c1-22(2)16-13-17-19(27-21(16)15-5-3-4-6-18(15)28-22)7-8-24(17)20(25)14-23-9-11-26-12-10-23/h3-6,16-17,19,21H,7-14H2,1-2H3/t16-,17-,19-,21+/m1/s1. The summed E-state index contributed by atoms with van der Waals surface area (Å²) in [7, 11) is 0.